The van der Waals surface area contributed by atoms with Gasteiger partial charge in [0.05, 0.1) is 6.04 Å². The first kappa shape index (κ1) is 15.8. The number of amides is 1. The number of nitrogens with two attached hydrogens (primary N) is 1. The smallest absolute Gasteiger partial charge is 0.223 e. The maximum absolute atomic E-state index is 12.1. The van der Waals surface area contributed by atoms with Crippen LogP contribution in [0.25, 0.3) is 0 Å². The van der Waals surface area contributed by atoms with Crippen LogP contribution in [0.4, 0.5) is 0 Å². The van der Waals surface area contributed by atoms with Crippen molar-refractivity contribution in [3.05, 3.63) is 0 Å². The summed E-state index contributed by atoms with van der Waals surface area (Å²) in [6.07, 6.45) is 7.44. The molecule has 0 bridgehead atoms. The Bertz CT molecular complexity index is 312. The third kappa shape index (κ3) is 4.73. The summed E-state index contributed by atoms with van der Waals surface area (Å²) in [6, 6.07) is -0.322. The van der Waals surface area contributed by atoms with Crippen molar-refractivity contribution in [3.8, 4) is 0 Å². The van der Waals surface area contributed by atoms with Crippen molar-refractivity contribution in [2.75, 3.05) is 0 Å². The second-order valence-corrected chi connectivity index (χ2v) is 5.60. The number of hydrogen-bond acceptors (Lipinski definition) is 3. The number of rotatable bonds is 6. The summed E-state index contributed by atoms with van der Waals surface area (Å²) >= 11 is 0. The predicted octanol–water partition coefficient (Wildman–Crippen LogP) is 2.23. The molecule has 0 radical (unpaired) electrons. The number of carbonyl (C=O) groups excluding carboxylic acids is 1. The number of nitrogens with zero attached hydrogens (tertiary/aromatic N) is 1. The molecule has 110 valence electrons. The molecule has 0 aromatic carbocycles. The highest BCUT2D eigenvalue weighted by molar-refractivity contribution is 5.90. The van der Waals surface area contributed by atoms with E-state index in [0.29, 0.717) is 5.92 Å². The Morgan fingerprint density at radius 1 is 1.42 bits per heavy atom. The van der Waals surface area contributed by atoms with Gasteiger partial charge in [-0.25, -0.2) is 0 Å². The molecule has 1 fully saturated rings. The summed E-state index contributed by atoms with van der Waals surface area (Å²) in [5.41, 5.74) is 5.76. The highest BCUT2D eigenvalue weighted by Gasteiger charge is 2.29. The molecular weight excluding hydrogens is 242 g/mol. The van der Waals surface area contributed by atoms with E-state index in [-0.39, 0.29) is 23.7 Å². The highest BCUT2D eigenvalue weighted by Crippen LogP contribution is 2.27. The van der Waals surface area contributed by atoms with E-state index in [1.54, 1.807) is 0 Å². The molecule has 5 heteroatoms. The molecule has 0 spiro atoms. The van der Waals surface area contributed by atoms with Crippen LogP contribution < -0.4 is 11.1 Å². The second kappa shape index (κ2) is 8.02. The average Bonchev–Trinajstić information content (AvgIpc) is 2.44. The topological polar surface area (TPSA) is 87.7 Å². The van der Waals surface area contributed by atoms with Crippen LogP contribution in [0.1, 0.15) is 58.8 Å². The minimum absolute atomic E-state index is 0.00373. The van der Waals surface area contributed by atoms with Gasteiger partial charge in [0.1, 0.15) is 0 Å². The SMILES string of the molecule is CCCC(C)C(=O)NC(/C(N)=N/O)C1CCCCC1. The Morgan fingerprint density at radius 3 is 2.58 bits per heavy atom. The largest absolute Gasteiger partial charge is 0.409 e. The van der Waals surface area contributed by atoms with E-state index < -0.39 is 0 Å². The first-order chi connectivity index (χ1) is 9.10. The van der Waals surface area contributed by atoms with E-state index in [0.717, 1.165) is 38.5 Å². The van der Waals surface area contributed by atoms with Gasteiger partial charge in [0.15, 0.2) is 5.84 Å². The van der Waals surface area contributed by atoms with Gasteiger partial charge in [0.2, 0.25) is 5.91 Å². The van der Waals surface area contributed by atoms with E-state index in [9.17, 15) is 4.79 Å². The van der Waals surface area contributed by atoms with Crippen LogP contribution in [0, 0.1) is 11.8 Å². The second-order valence-electron chi connectivity index (χ2n) is 5.60. The third-order valence-corrected chi connectivity index (χ3v) is 4.02. The molecule has 4 N–H and O–H groups in total. The van der Waals surface area contributed by atoms with Gasteiger partial charge in [-0.1, -0.05) is 44.7 Å². The number of nitrogens with one attached hydrogen (secondary N) is 1. The van der Waals surface area contributed by atoms with Crippen molar-refractivity contribution >= 4 is 11.7 Å². The summed E-state index contributed by atoms with van der Waals surface area (Å²) < 4.78 is 0. The van der Waals surface area contributed by atoms with E-state index in [1.807, 2.05) is 6.92 Å². The Kier molecular flexibility index (Phi) is 6.67. The fourth-order valence-electron chi connectivity index (χ4n) is 2.82. The van der Waals surface area contributed by atoms with Crippen molar-refractivity contribution in [2.45, 2.75) is 64.8 Å². The van der Waals surface area contributed by atoms with E-state index in [1.165, 1.54) is 6.42 Å². The Hall–Kier alpha value is -1.26. The Morgan fingerprint density at radius 2 is 2.05 bits per heavy atom. The summed E-state index contributed by atoms with van der Waals surface area (Å²) in [7, 11) is 0. The van der Waals surface area contributed by atoms with Crippen molar-refractivity contribution in [1.29, 1.82) is 0 Å². The minimum Gasteiger partial charge on any atom is -0.409 e. The van der Waals surface area contributed by atoms with Crippen molar-refractivity contribution in [1.82, 2.24) is 5.32 Å². The molecule has 0 aromatic rings. The standard InChI is InChI=1S/C14H27N3O2/c1-3-7-10(2)14(18)16-12(13(15)17-19)11-8-5-4-6-9-11/h10-12,19H,3-9H2,1-2H3,(H2,15,17)(H,16,18). The number of amidine groups is 1. The maximum Gasteiger partial charge on any atom is 0.223 e. The summed E-state index contributed by atoms with van der Waals surface area (Å²) in [5, 5.41) is 15.0. The van der Waals surface area contributed by atoms with Crippen LogP contribution in [-0.2, 0) is 4.79 Å². The van der Waals surface area contributed by atoms with Gasteiger partial charge in [0, 0.05) is 5.92 Å². The van der Waals surface area contributed by atoms with Crippen molar-refractivity contribution in [2.24, 2.45) is 22.7 Å². The van der Waals surface area contributed by atoms with Gasteiger partial charge < -0.3 is 16.3 Å². The zero-order chi connectivity index (χ0) is 14.3. The fourth-order valence-corrected chi connectivity index (χ4v) is 2.82. The lowest BCUT2D eigenvalue weighted by Gasteiger charge is -2.30. The molecule has 1 saturated carbocycles. The molecule has 5 nitrogen and oxygen atoms in total. The highest BCUT2D eigenvalue weighted by atomic mass is 16.4. The number of oxime groups is 1. The van der Waals surface area contributed by atoms with Gasteiger partial charge in [-0.2, -0.15) is 0 Å². The van der Waals surface area contributed by atoms with Gasteiger partial charge in [-0.05, 0) is 25.2 Å². The molecule has 2 atom stereocenters. The van der Waals surface area contributed by atoms with Crippen LogP contribution >= 0.6 is 0 Å². The first-order valence-corrected chi connectivity index (χ1v) is 7.37. The summed E-state index contributed by atoms with van der Waals surface area (Å²) in [5.74, 6) is 0.401. The Labute approximate surface area is 115 Å². The molecule has 0 aliphatic heterocycles. The average molecular weight is 269 g/mol. The van der Waals surface area contributed by atoms with Crippen molar-refractivity contribution < 1.29 is 10.0 Å². The van der Waals surface area contributed by atoms with Gasteiger partial charge in [-0.3, -0.25) is 4.79 Å². The van der Waals surface area contributed by atoms with Crippen LogP contribution in [-0.4, -0.2) is 23.0 Å². The van der Waals surface area contributed by atoms with Crippen molar-refractivity contribution in [3.63, 3.8) is 0 Å². The molecule has 2 unspecified atom stereocenters. The number of hydrogen-bond donors (Lipinski definition) is 3. The van der Waals surface area contributed by atoms with E-state index in [4.69, 9.17) is 10.9 Å². The van der Waals surface area contributed by atoms with Crippen LogP contribution in [0.15, 0.2) is 5.16 Å². The molecule has 0 aromatic heterocycles. The summed E-state index contributed by atoms with van der Waals surface area (Å²) in [4.78, 5) is 12.1. The summed E-state index contributed by atoms with van der Waals surface area (Å²) in [6.45, 7) is 3.98. The molecule has 1 rings (SSSR count). The van der Waals surface area contributed by atoms with Gasteiger partial charge in [0.25, 0.3) is 0 Å². The van der Waals surface area contributed by atoms with Gasteiger partial charge >= 0.3 is 0 Å². The lowest BCUT2D eigenvalue weighted by atomic mass is 9.83. The lowest BCUT2D eigenvalue weighted by molar-refractivity contribution is -0.125. The quantitative estimate of drug-likeness (QED) is 0.299. The molecule has 1 aliphatic carbocycles. The zero-order valence-electron chi connectivity index (χ0n) is 12.1. The minimum atomic E-state index is -0.322. The normalized spacial score (nSPS) is 20.8. The molecule has 0 saturated heterocycles. The van der Waals surface area contributed by atoms with Crippen LogP contribution in [0.5, 0.6) is 0 Å². The number of carbonyl (C=O) groups is 1. The first-order valence-electron chi connectivity index (χ1n) is 7.37. The van der Waals surface area contributed by atoms with E-state index >= 15 is 0 Å². The maximum atomic E-state index is 12.1. The molecular formula is C14H27N3O2. The third-order valence-electron chi connectivity index (χ3n) is 4.02. The van der Waals surface area contributed by atoms with E-state index in [2.05, 4.69) is 17.4 Å². The lowest BCUT2D eigenvalue weighted by Crippen LogP contribution is -2.51. The van der Waals surface area contributed by atoms with Crippen LogP contribution in [0.2, 0.25) is 0 Å². The Balaban J connectivity index is 2.66. The van der Waals surface area contributed by atoms with Gasteiger partial charge in [-0.15, -0.1) is 0 Å². The fraction of sp³-hybridized carbons (Fsp3) is 0.857. The molecule has 1 aliphatic rings. The molecule has 0 heterocycles. The monoisotopic (exact) mass is 269 g/mol. The van der Waals surface area contributed by atoms with Crippen LogP contribution in [0.3, 0.4) is 0 Å². The molecule has 19 heavy (non-hydrogen) atoms. The predicted molar refractivity (Wildman–Crippen MR) is 76.0 cm³/mol. The zero-order valence-corrected chi connectivity index (χ0v) is 12.1. The molecule has 1 amide bonds.